The number of halogens is 2. The molecule has 2 heterocycles. The summed E-state index contributed by atoms with van der Waals surface area (Å²) >= 11 is 9.55. The number of carbonyl (C=O) groups excluding carboxylic acids is 2. The number of aryl methyl sites for hydroxylation is 1. The Labute approximate surface area is 175 Å². The molecule has 0 bridgehead atoms. The number of carbonyl (C=O) groups is 2. The highest BCUT2D eigenvalue weighted by Gasteiger charge is 2.37. The van der Waals surface area contributed by atoms with E-state index in [2.05, 4.69) is 15.9 Å². The summed E-state index contributed by atoms with van der Waals surface area (Å²) in [5.41, 5.74) is 1.41. The van der Waals surface area contributed by atoms with Crippen LogP contribution in [0.2, 0.25) is 5.02 Å². The van der Waals surface area contributed by atoms with E-state index < -0.39 is 11.9 Å². The first kappa shape index (κ1) is 19.1. The Morgan fingerprint density at radius 3 is 2.71 bits per heavy atom. The van der Waals surface area contributed by atoms with Gasteiger partial charge in [0, 0.05) is 29.2 Å². The van der Waals surface area contributed by atoms with Crippen molar-refractivity contribution in [3.05, 3.63) is 45.4 Å². The van der Waals surface area contributed by atoms with Crippen LogP contribution in [0, 0.1) is 12.8 Å². The molecule has 0 radical (unpaired) electrons. The van der Waals surface area contributed by atoms with Gasteiger partial charge in [-0.3, -0.25) is 9.59 Å². The minimum atomic E-state index is -0.570. The first-order valence-corrected chi connectivity index (χ1v) is 9.97. The van der Waals surface area contributed by atoms with Crippen LogP contribution in [0.25, 0.3) is 0 Å². The highest BCUT2D eigenvalue weighted by atomic mass is 79.9. The number of benzene rings is 2. The topological polar surface area (TPSA) is 65.1 Å². The van der Waals surface area contributed by atoms with Crippen molar-refractivity contribution in [2.24, 2.45) is 5.92 Å². The van der Waals surface area contributed by atoms with Crippen molar-refractivity contribution < 1.29 is 23.8 Å². The molecule has 2 aromatic rings. The molecular formula is C20H17BrClNO5. The fraction of sp³-hybridized carbons (Fsp3) is 0.300. The van der Waals surface area contributed by atoms with Gasteiger partial charge in [0.15, 0.2) is 17.2 Å². The van der Waals surface area contributed by atoms with Crippen LogP contribution in [-0.2, 0) is 9.59 Å². The number of amides is 1. The lowest BCUT2D eigenvalue weighted by atomic mass is 10.1. The third-order valence-electron chi connectivity index (χ3n) is 4.69. The highest BCUT2D eigenvalue weighted by Crippen LogP contribution is 2.37. The van der Waals surface area contributed by atoms with E-state index in [1.165, 1.54) is 0 Å². The molecule has 0 unspecified atom stereocenters. The fourth-order valence-electron chi connectivity index (χ4n) is 3.32. The summed E-state index contributed by atoms with van der Waals surface area (Å²) in [6.45, 7) is 3.01. The van der Waals surface area contributed by atoms with E-state index in [9.17, 15) is 9.59 Å². The Balaban J connectivity index is 1.50. The lowest BCUT2D eigenvalue weighted by Crippen LogP contribution is -2.27. The smallest absolute Gasteiger partial charge is 0.316 e. The molecule has 28 heavy (non-hydrogen) atoms. The molecule has 8 heteroatoms. The molecule has 6 nitrogen and oxygen atoms in total. The largest absolute Gasteiger partial charge is 0.486 e. The zero-order valence-corrected chi connectivity index (χ0v) is 17.4. The van der Waals surface area contributed by atoms with Gasteiger partial charge in [-0.1, -0.05) is 27.5 Å². The van der Waals surface area contributed by atoms with Gasteiger partial charge in [-0.15, -0.1) is 0 Å². The standard InChI is InChI=1S/C20H17BrClNO5/c1-11-6-13(21)8-15(22)19(11)28-20(25)12-7-18(24)23(10-12)14-2-3-16-17(9-14)27-5-4-26-16/h2-3,6,8-9,12H,4-5,7,10H2,1H3/t12-/m0/s1. The molecule has 0 spiro atoms. The zero-order valence-electron chi connectivity index (χ0n) is 15.0. The Bertz CT molecular complexity index is 941. The Morgan fingerprint density at radius 1 is 1.21 bits per heavy atom. The van der Waals surface area contributed by atoms with Crippen LogP contribution in [0.4, 0.5) is 5.69 Å². The predicted molar refractivity (Wildman–Crippen MR) is 107 cm³/mol. The van der Waals surface area contributed by atoms with Gasteiger partial charge in [0.1, 0.15) is 13.2 Å². The first-order valence-electron chi connectivity index (χ1n) is 8.79. The van der Waals surface area contributed by atoms with Crippen LogP contribution in [0.3, 0.4) is 0 Å². The van der Waals surface area contributed by atoms with Crippen LogP contribution in [0.15, 0.2) is 34.8 Å². The van der Waals surface area contributed by atoms with Crippen molar-refractivity contribution in [3.63, 3.8) is 0 Å². The van der Waals surface area contributed by atoms with Crippen LogP contribution >= 0.6 is 27.5 Å². The molecular weight excluding hydrogens is 450 g/mol. The zero-order chi connectivity index (χ0) is 19.8. The Kier molecular flexibility index (Phi) is 5.21. The lowest BCUT2D eigenvalue weighted by Gasteiger charge is -2.22. The average molecular weight is 467 g/mol. The Hall–Kier alpha value is -2.25. The SMILES string of the molecule is Cc1cc(Br)cc(Cl)c1OC(=O)[C@H]1CC(=O)N(c2ccc3c(c2)OCCO3)C1. The summed E-state index contributed by atoms with van der Waals surface area (Å²) in [7, 11) is 0. The van der Waals surface area contributed by atoms with Gasteiger partial charge in [0.05, 0.1) is 10.9 Å². The second-order valence-corrected chi connectivity index (χ2v) is 8.01. The van der Waals surface area contributed by atoms with Gasteiger partial charge in [-0.05, 0) is 36.8 Å². The fourth-order valence-corrected chi connectivity index (χ4v) is 4.33. The minimum absolute atomic E-state index is 0.0838. The van der Waals surface area contributed by atoms with E-state index >= 15 is 0 Å². The number of hydrogen-bond donors (Lipinski definition) is 0. The van der Waals surface area contributed by atoms with E-state index in [4.69, 9.17) is 25.8 Å². The van der Waals surface area contributed by atoms with Crippen LogP contribution < -0.4 is 19.1 Å². The van der Waals surface area contributed by atoms with Crippen LogP contribution in [0.5, 0.6) is 17.2 Å². The number of hydrogen-bond acceptors (Lipinski definition) is 5. The number of nitrogens with zero attached hydrogens (tertiary/aromatic N) is 1. The highest BCUT2D eigenvalue weighted by molar-refractivity contribution is 9.10. The molecule has 2 aliphatic heterocycles. The summed E-state index contributed by atoms with van der Waals surface area (Å²) in [6.07, 6.45) is 0.0838. The third kappa shape index (κ3) is 3.69. The van der Waals surface area contributed by atoms with Crippen molar-refractivity contribution in [2.75, 3.05) is 24.7 Å². The molecule has 0 saturated carbocycles. The van der Waals surface area contributed by atoms with Crippen LogP contribution in [-0.4, -0.2) is 31.6 Å². The van der Waals surface area contributed by atoms with Crippen molar-refractivity contribution in [3.8, 4) is 17.2 Å². The van der Waals surface area contributed by atoms with E-state index in [1.807, 2.05) is 6.07 Å². The summed E-state index contributed by atoms with van der Waals surface area (Å²) in [5, 5.41) is 0.341. The molecule has 1 amide bonds. The van der Waals surface area contributed by atoms with Crippen molar-refractivity contribution in [2.45, 2.75) is 13.3 Å². The molecule has 1 fully saturated rings. The molecule has 2 aliphatic rings. The summed E-state index contributed by atoms with van der Waals surface area (Å²) < 4.78 is 17.4. The summed E-state index contributed by atoms with van der Waals surface area (Å²) in [5.74, 6) is 0.385. The maximum Gasteiger partial charge on any atom is 0.316 e. The number of esters is 1. The van der Waals surface area contributed by atoms with Crippen molar-refractivity contribution in [1.29, 1.82) is 0 Å². The average Bonchev–Trinajstić information content (AvgIpc) is 3.06. The lowest BCUT2D eigenvalue weighted by molar-refractivity contribution is -0.139. The number of fused-ring (bicyclic) bond motifs is 1. The second-order valence-electron chi connectivity index (χ2n) is 6.69. The number of anilines is 1. The van der Waals surface area contributed by atoms with Crippen molar-refractivity contribution >= 4 is 45.1 Å². The normalized spacial score (nSPS) is 18.3. The van der Waals surface area contributed by atoms with Gasteiger partial charge < -0.3 is 19.1 Å². The van der Waals surface area contributed by atoms with Gasteiger partial charge >= 0.3 is 5.97 Å². The molecule has 1 atom stereocenters. The van der Waals surface area contributed by atoms with Crippen molar-refractivity contribution in [1.82, 2.24) is 0 Å². The second kappa shape index (κ2) is 7.64. The molecule has 0 aliphatic carbocycles. The molecule has 1 saturated heterocycles. The molecule has 146 valence electrons. The summed E-state index contributed by atoms with van der Waals surface area (Å²) in [4.78, 5) is 26.7. The van der Waals surface area contributed by atoms with E-state index in [-0.39, 0.29) is 18.9 Å². The number of ether oxygens (including phenoxy) is 3. The van der Waals surface area contributed by atoms with Gasteiger partial charge in [-0.2, -0.15) is 0 Å². The van der Waals surface area contributed by atoms with E-state index in [0.717, 1.165) is 10.0 Å². The monoisotopic (exact) mass is 465 g/mol. The van der Waals surface area contributed by atoms with E-state index in [0.29, 0.717) is 41.2 Å². The predicted octanol–water partition coefficient (Wildman–Crippen LogP) is 4.14. The third-order valence-corrected chi connectivity index (χ3v) is 5.43. The number of rotatable bonds is 3. The van der Waals surface area contributed by atoms with Gasteiger partial charge in [0.25, 0.3) is 0 Å². The van der Waals surface area contributed by atoms with Crippen LogP contribution in [0.1, 0.15) is 12.0 Å². The molecule has 4 rings (SSSR count). The molecule has 2 aromatic carbocycles. The minimum Gasteiger partial charge on any atom is -0.486 e. The summed E-state index contributed by atoms with van der Waals surface area (Å²) in [6, 6.07) is 8.80. The van der Waals surface area contributed by atoms with Gasteiger partial charge in [0.2, 0.25) is 5.91 Å². The Morgan fingerprint density at radius 2 is 1.96 bits per heavy atom. The molecule has 0 N–H and O–H groups in total. The molecule has 0 aromatic heterocycles. The quantitative estimate of drug-likeness (QED) is 0.502. The maximum atomic E-state index is 12.6. The van der Waals surface area contributed by atoms with E-state index in [1.54, 1.807) is 36.1 Å². The van der Waals surface area contributed by atoms with Gasteiger partial charge in [-0.25, -0.2) is 0 Å². The first-order chi connectivity index (χ1) is 13.4. The maximum absolute atomic E-state index is 12.6.